The van der Waals surface area contributed by atoms with Crippen LogP contribution in [0.15, 0.2) is 145 Å². The molecular weight excluding hydrogens is 1350 g/mol. The van der Waals surface area contributed by atoms with Gasteiger partial charge in [0.1, 0.15) is 8.64 Å². The number of amides is 2. The van der Waals surface area contributed by atoms with E-state index in [2.05, 4.69) is 161 Å². The molecule has 2 amide bonds. The van der Waals surface area contributed by atoms with Gasteiger partial charge in [0, 0.05) is 92.4 Å². The average molecular weight is 1440 g/mol. The minimum atomic E-state index is -0.0194. The van der Waals surface area contributed by atoms with Crippen molar-refractivity contribution in [2.24, 2.45) is 0 Å². The van der Waals surface area contributed by atoms with Gasteiger partial charge in [-0.1, -0.05) is 249 Å². The number of hydrogen-bond acceptors (Lipinski definition) is 12. The van der Waals surface area contributed by atoms with Gasteiger partial charge < -0.3 is 0 Å². The molecule has 0 unspecified atom stereocenters. The van der Waals surface area contributed by atoms with Crippen molar-refractivity contribution in [3.63, 3.8) is 0 Å². The fourth-order valence-corrected chi connectivity index (χ4v) is 22.6. The maximum Gasteiger partial charge on any atom is 0.266 e. The van der Waals surface area contributed by atoms with Crippen LogP contribution >= 0.6 is 118 Å². The Morgan fingerprint density at radius 1 is 0.389 bits per heavy atom. The predicted molar refractivity (Wildman–Crippen MR) is 433 cm³/mol. The molecule has 2 fully saturated rings. The van der Waals surface area contributed by atoms with Crippen molar-refractivity contribution in [3.8, 4) is 20.9 Å². The lowest BCUT2D eigenvalue weighted by molar-refractivity contribution is -0.122. The van der Waals surface area contributed by atoms with E-state index in [-0.39, 0.29) is 11.8 Å². The number of hydrogen-bond donors (Lipinski definition) is 0. The van der Waals surface area contributed by atoms with Crippen LogP contribution in [0.4, 0.5) is 0 Å². The molecule has 2 aromatic heterocycles. The van der Waals surface area contributed by atoms with Gasteiger partial charge in [0.15, 0.2) is 0 Å². The van der Waals surface area contributed by atoms with Crippen LogP contribution < -0.4 is 0 Å². The zero-order valence-electron chi connectivity index (χ0n) is 56.2. The smallest absolute Gasteiger partial charge is 0.266 e. The van der Waals surface area contributed by atoms with Gasteiger partial charge in [0.2, 0.25) is 0 Å². The third-order valence-corrected chi connectivity index (χ3v) is 28.2. The molecule has 0 bridgehead atoms. The lowest BCUT2D eigenvalue weighted by atomic mass is 9.98. The Morgan fingerprint density at radius 3 is 1.05 bits per heavy atom. The Hall–Kier alpha value is -4.32. The Bertz CT molecular complexity index is 3920. The summed E-state index contributed by atoms with van der Waals surface area (Å²) in [5.74, 6) is 2.45. The first-order valence-electron chi connectivity index (χ1n) is 34.8. The van der Waals surface area contributed by atoms with E-state index in [0.717, 1.165) is 52.7 Å². The number of carbonyl (C=O) groups is 2. The molecule has 0 atom stereocenters. The molecule has 2 saturated heterocycles. The summed E-state index contributed by atoms with van der Waals surface area (Å²) in [5.41, 5.74) is 19.4. The number of likely N-dealkylation sites (N-methyl/N-ethyl adjacent to an activating group) is 2. The molecule has 14 heteroatoms. The molecule has 496 valence electrons. The van der Waals surface area contributed by atoms with Crippen molar-refractivity contribution in [3.05, 3.63) is 211 Å². The molecule has 4 aliphatic rings. The van der Waals surface area contributed by atoms with E-state index < -0.39 is 0 Å². The summed E-state index contributed by atoms with van der Waals surface area (Å²) in [6.45, 7) is 14.2. The van der Waals surface area contributed by atoms with E-state index in [0.29, 0.717) is 31.5 Å². The fraction of sp³-hybridized carbons (Fsp3) is 0.383. The Labute approximate surface area is 611 Å². The highest BCUT2D eigenvalue weighted by Gasteiger charge is 2.38. The number of thiocarbonyl (C=S) groups is 2. The highest BCUT2D eigenvalue weighted by molar-refractivity contribution is 8.27. The second-order valence-corrected chi connectivity index (χ2v) is 35.3. The van der Waals surface area contributed by atoms with Crippen LogP contribution in [0, 0.1) is 0 Å². The van der Waals surface area contributed by atoms with Crippen LogP contribution in [-0.4, -0.2) is 43.3 Å². The highest BCUT2D eigenvalue weighted by Crippen LogP contribution is 2.61. The number of thiophene rings is 2. The molecule has 0 radical (unpaired) electrons. The van der Waals surface area contributed by atoms with E-state index in [1.54, 1.807) is 32.5 Å². The highest BCUT2D eigenvalue weighted by atomic mass is 32.2. The van der Waals surface area contributed by atoms with Crippen molar-refractivity contribution >= 4 is 161 Å². The largest absolute Gasteiger partial charge is 0.293 e. The first-order valence-corrected chi connectivity index (χ1v) is 42.7. The van der Waals surface area contributed by atoms with Gasteiger partial charge >= 0.3 is 0 Å². The maximum absolute atomic E-state index is 14.0. The average Bonchev–Trinajstić information content (AvgIpc) is 1.55. The van der Waals surface area contributed by atoms with E-state index in [1.165, 1.54) is 233 Å². The Balaban J connectivity index is 1.07. The molecule has 0 N–H and O–H groups in total. The molecule has 5 aromatic carbocycles. The summed E-state index contributed by atoms with van der Waals surface area (Å²) in [6, 6.07) is 47.4. The maximum atomic E-state index is 14.0. The lowest BCUT2D eigenvalue weighted by Gasteiger charge is -2.16. The van der Waals surface area contributed by atoms with Crippen LogP contribution in [0.3, 0.4) is 0 Å². The molecule has 2 aliphatic carbocycles. The van der Waals surface area contributed by atoms with Crippen molar-refractivity contribution in [2.45, 2.75) is 192 Å². The molecular formula is C81H90N2O2S10. The summed E-state index contributed by atoms with van der Waals surface area (Å²) in [7, 11) is 0. The normalized spacial score (nSPS) is 15.5. The second-order valence-electron chi connectivity index (χ2n) is 25.2. The van der Waals surface area contributed by atoms with Crippen molar-refractivity contribution in [1.29, 1.82) is 0 Å². The van der Waals surface area contributed by atoms with E-state index in [4.69, 9.17) is 24.4 Å². The first kappa shape index (κ1) is 71.9. The van der Waals surface area contributed by atoms with Crippen LogP contribution in [0.1, 0.15) is 215 Å². The van der Waals surface area contributed by atoms with E-state index >= 15 is 0 Å². The van der Waals surface area contributed by atoms with Crippen molar-refractivity contribution in [2.75, 3.05) is 13.1 Å². The van der Waals surface area contributed by atoms with Crippen LogP contribution in [0.2, 0.25) is 0 Å². The van der Waals surface area contributed by atoms with Crippen molar-refractivity contribution in [1.82, 2.24) is 9.80 Å². The molecule has 0 spiro atoms. The molecule has 95 heavy (non-hydrogen) atoms. The number of fused-ring (bicyclic) bond motifs is 6. The Kier molecular flexibility index (Phi) is 27.0. The van der Waals surface area contributed by atoms with Gasteiger partial charge in [-0.25, -0.2) is 0 Å². The summed E-state index contributed by atoms with van der Waals surface area (Å²) in [4.78, 5) is 38.5. The van der Waals surface area contributed by atoms with Crippen LogP contribution in [-0.2, 0) is 52.5 Å². The van der Waals surface area contributed by atoms with Gasteiger partial charge in [-0.2, -0.15) is 0 Å². The number of aryl methyl sites for hydroxylation is 4. The number of rotatable bonds is 35. The van der Waals surface area contributed by atoms with Gasteiger partial charge in [-0.05, 0) is 164 Å². The van der Waals surface area contributed by atoms with Gasteiger partial charge in [0.05, 0.1) is 14.0 Å². The quantitative estimate of drug-likeness (QED) is 0.0166. The third-order valence-electron chi connectivity index (χ3n) is 18.1. The topological polar surface area (TPSA) is 40.6 Å². The monoisotopic (exact) mass is 1440 g/mol. The minimum Gasteiger partial charge on any atom is -0.293 e. The molecule has 11 rings (SSSR count). The molecule has 4 nitrogen and oxygen atoms in total. The molecule has 4 heterocycles. The number of thioether (sulfide) groups is 6. The van der Waals surface area contributed by atoms with Gasteiger partial charge in [-0.15, -0.1) is 58.0 Å². The summed E-state index contributed by atoms with van der Waals surface area (Å²) in [6.07, 6.45) is 28.7. The van der Waals surface area contributed by atoms with E-state index in [1.807, 2.05) is 60.9 Å². The fourth-order valence-electron chi connectivity index (χ4n) is 12.7. The number of unbranched alkanes of at least 4 members (excludes halogenated alkanes) is 12. The molecule has 0 saturated carbocycles. The number of benzene rings is 5. The molecule has 2 aliphatic heterocycles. The summed E-state index contributed by atoms with van der Waals surface area (Å²) < 4.78 is 3.79. The first-order chi connectivity index (χ1) is 46.5. The summed E-state index contributed by atoms with van der Waals surface area (Å²) in [5, 5.41) is 0. The zero-order chi connectivity index (χ0) is 66.2. The standard InChI is InChI=1S/C81H90N2O2S10/c1-7-13-17-21-25-54-29-35-58(36-30-54)51-88-78(89-52-59-37-31-55(32-38-59)26-22-18-14-8-2)72-64-49-67-65(50-66(64)74-68(72)45-62(91-74)47-70-76(84)82(11-5)80(86)94-70)73(69-46-63(92-75(67)69)48-71-77(85)83(12-6)81(87)95-71)79(93-61-43-41-57(42-44-61)28-24-20-16-10-4)90-53-60-39-33-56(34-40-60)27-23-19-15-9-3/h29-50H,7-28,51-53H2,1-6H3/b70-47+,71-48+,79-73+. The lowest BCUT2D eigenvalue weighted by Crippen LogP contribution is -2.27. The minimum absolute atomic E-state index is 0.0180. The Morgan fingerprint density at radius 2 is 0.716 bits per heavy atom. The molecule has 7 aromatic rings. The third kappa shape index (κ3) is 18.2. The van der Waals surface area contributed by atoms with Crippen molar-refractivity contribution < 1.29 is 9.59 Å². The van der Waals surface area contributed by atoms with Crippen LogP contribution in [0.25, 0.3) is 44.2 Å². The number of nitrogens with zero attached hydrogens (tertiary/aromatic N) is 2. The van der Waals surface area contributed by atoms with Gasteiger partial charge in [0.25, 0.3) is 11.8 Å². The number of carbonyl (C=O) groups excluding carboxylic acids is 2. The van der Waals surface area contributed by atoms with Crippen LogP contribution in [0.5, 0.6) is 0 Å². The summed E-state index contributed by atoms with van der Waals surface area (Å²) >= 11 is 25.7. The zero-order valence-corrected chi connectivity index (χ0v) is 64.3. The second kappa shape index (κ2) is 35.6. The van der Waals surface area contributed by atoms with Gasteiger partial charge in [-0.3, -0.25) is 19.4 Å². The predicted octanol–water partition coefficient (Wildman–Crippen LogP) is 25.7. The SMILES string of the molecule is CCCCCCc1ccc(CSC(SCc2ccc(CCCCCC)cc2)=C2c3cc4c(cc3-c3sc(/C=C5/SC(=S)N(CC)C5=O)cc32)/C(=C(/SCc2ccc(CCCCCC)cc2)Sc2ccc(CCCCCC)cc2)c2cc(/C=C3/SC(=S)N(CC)C3=O)sc2-4)cc1. The van der Waals surface area contributed by atoms with E-state index in [9.17, 15) is 9.59 Å².